The molecule has 0 rings (SSSR count). The maximum Gasteiger partial charge on any atom is 0.306 e. The Labute approximate surface area is 249 Å². The monoisotopic (exact) mass is 562 g/mol. The highest BCUT2D eigenvalue weighted by molar-refractivity contribution is 5.69. The van der Waals surface area contributed by atoms with Gasteiger partial charge in [-0.1, -0.05) is 127 Å². The maximum absolute atomic E-state index is 12.1. The van der Waals surface area contributed by atoms with Crippen LogP contribution in [0.25, 0.3) is 0 Å². The van der Waals surface area contributed by atoms with Gasteiger partial charge in [-0.15, -0.1) is 0 Å². The fraction of sp³-hybridized carbons (Fsp3) is 0.806. The molecule has 4 heteroatoms. The zero-order valence-electron chi connectivity index (χ0n) is 26.6. The van der Waals surface area contributed by atoms with Crippen molar-refractivity contribution in [1.82, 2.24) is 0 Å². The van der Waals surface area contributed by atoms with Crippen LogP contribution >= 0.6 is 0 Å². The van der Waals surface area contributed by atoms with Crippen molar-refractivity contribution in [3.8, 4) is 0 Å². The number of hydrogen-bond donors (Lipinski definition) is 1. The van der Waals surface area contributed by atoms with Crippen LogP contribution in [-0.4, -0.2) is 37.0 Å². The average molecular weight is 563 g/mol. The summed E-state index contributed by atoms with van der Waals surface area (Å²) in [6, 6.07) is 0. The second-order valence-corrected chi connectivity index (χ2v) is 11.2. The van der Waals surface area contributed by atoms with E-state index < -0.39 is 6.10 Å². The molecule has 40 heavy (non-hydrogen) atoms. The predicted octanol–water partition coefficient (Wildman–Crippen LogP) is 10.6. The highest BCUT2D eigenvalue weighted by Gasteiger charge is 2.13. The second-order valence-electron chi connectivity index (χ2n) is 11.2. The first-order chi connectivity index (χ1) is 19.7. The molecule has 0 spiro atoms. The van der Waals surface area contributed by atoms with Gasteiger partial charge in [-0.3, -0.25) is 4.79 Å². The minimum absolute atomic E-state index is 0.179. The Morgan fingerprint density at radius 3 is 1.68 bits per heavy atom. The molecule has 1 N–H and O–H groups in total. The molecule has 0 fully saturated rings. The summed E-state index contributed by atoms with van der Waals surface area (Å²) in [6.07, 6.45) is 40.3. The predicted molar refractivity (Wildman–Crippen MR) is 173 cm³/mol. The van der Waals surface area contributed by atoms with Gasteiger partial charge in [0.25, 0.3) is 0 Å². The molecule has 0 aromatic heterocycles. The van der Waals surface area contributed by atoms with Crippen molar-refractivity contribution in [1.29, 1.82) is 0 Å². The van der Waals surface area contributed by atoms with Crippen LogP contribution in [0.3, 0.4) is 0 Å². The van der Waals surface area contributed by atoms with E-state index in [0.29, 0.717) is 13.0 Å². The molecular formula is C36H66O4. The van der Waals surface area contributed by atoms with Crippen molar-refractivity contribution in [2.24, 2.45) is 0 Å². The molecule has 0 saturated heterocycles. The number of carbonyl (C=O) groups is 1. The van der Waals surface area contributed by atoms with E-state index in [1.54, 1.807) is 0 Å². The topological polar surface area (TPSA) is 55.8 Å². The average Bonchev–Trinajstić information content (AvgIpc) is 2.96. The summed E-state index contributed by atoms with van der Waals surface area (Å²) in [5, 5.41) is 9.52. The SMILES string of the molecule is CCC/C=C\C/C=C\CCCCCCCCOCC(CO)OC(=O)CCCCCCC/C=C\CCCCCCC. The van der Waals surface area contributed by atoms with Crippen LogP contribution in [0, 0.1) is 0 Å². The summed E-state index contributed by atoms with van der Waals surface area (Å²) < 4.78 is 11.1. The highest BCUT2D eigenvalue weighted by Crippen LogP contribution is 2.11. The summed E-state index contributed by atoms with van der Waals surface area (Å²) in [5.41, 5.74) is 0. The fourth-order valence-corrected chi connectivity index (χ4v) is 4.59. The van der Waals surface area contributed by atoms with Crippen LogP contribution in [-0.2, 0) is 14.3 Å². The third-order valence-corrected chi connectivity index (χ3v) is 7.17. The molecule has 0 saturated carbocycles. The van der Waals surface area contributed by atoms with Crippen molar-refractivity contribution < 1.29 is 19.4 Å². The van der Waals surface area contributed by atoms with E-state index in [1.165, 1.54) is 109 Å². The number of aliphatic hydroxyl groups is 1. The van der Waals surface area contributed by atoms with Crippen molar-refractivity contribution >= 4 is 5.97 Å². The van der Waals surface area contributed by atoms with E-state index >= 15 is 0 Å². The Hall–Kier alpha value is -1.39. The summed E-state index contributed by atoms with van der Waals surface area (Å²) in [6.45, 7) is 5.24. The molecule has 0 aromatic rings. The molecule has 0 amide bonds. The Morgan fingerprint density at radius 1 is 0.600 bits per heavy atom. The third kappa shape index (κ3) is 31.1. The van der Waals surface area contributed by atoms with Crippen LogP contribution in [0.15, 0.2) is 36.5 Å². The standard InChI is InChI=1S/C36H66O4/c1-3-5-7-9-11-13-15-17-19-21-23-25-27-29-31-36(38)40-35(33-37)34-39-32-30-28-26-24-22-20-18-16-14-12-10-8-6-4-2/h8,10,14-17,35,37H,3-7,9,11-13,18-34H2,1-2H3/b10-8-,16-14-,17-15-. The van der Waals surface area contributed by atoms with Gasteiger partial charge < -0.3 is 14.6 Å². The van der Waals surface area contributed by atoms with Crippen LogP contribution in [0.5, 0.6) is 0 Å². The number of allylic oxidation sites excluding steroid dienone is 6. The van der Waals surface area contributed by atoms with Crippen LogP contribution < -0.4 is 0 Å². The summed E-state index contributed by atoms with van der Waals surface area (Å²) >= 11 is 0. The number of ether oxygens (including phenoxy) is 2. The normalized spacial score (nSPS) is 12.8. The molecule has 0 aromatic carbocycles. The molecule has 0 heterocycles. The number of unbranched alkanes of at least 4 members (excludes halogenated alkanes) is 17. The van der Waals surface area contributed by atoms with Gasteiger partial charge in [0.05, 0.1) is 13.2 Å². The minimum Gasteiger partial charge on any atom is -0.457 e. The van der Waals surface area contributed by atoms with Crippen LogP contribution in [0.4, 0.5) is 0 Å². The number of rotatable bonds is 31. The minimum atomic E-state index is -0.541. The molecule has 1 atom stereocenters. The van der Waals surface area contributed by atoms with E-state index in [-0.39, 0.29) is 19.2 Å². The van der Waals surface area contributed by atoms with Gasteiger partial charge in [0, 0.05) is 13.0 Å². The van der Waals surface area contributed by atoms with Gasteiger partial charge in [0.2, 0.25) is 0 Å². The van der Waals surface area contributed by atoms with Gasteiger partial charge in [-0.25, -0.2) is 0 Å². The number of carbonyl (C=O) groups excluding carboxylic acids is 1. The van der Waals surface area contributed by atoms with E-state index in [9.17, 15) is 9.90 Å². The molecule has 0 radical (unpaired) electrons. The highest BCUT2D eigenvalue weighted by atomic mass is 16.6. The van der Waals surface area contributed by atoms with Crippen LogP contribution in [0.2, 0.25) is 0 Å². The first kappa shape index (κ1) is 38.6. The Bertz CT molecular complexity index is 596. The zero-order chi connectivity index (χ0) is 29.2. The van der Waals surface area contributed by atoms with Crippen molar-refractivity contribution in [2.45, 2.75) is 168 Å². The first-order valence-electron chi connectivity index (χ1n) is 17.1. The number of aliphatic hydroxyl groups excluding tert-OH is 1. The smallest absolute Gasteiger partial charge is 0.306 e. The molecule has 4 nitrogen and oxygen atoms in total. The van der Waals surface area contributed by atoms with Crippen molar-refractivity contribution in [2.75, 3.05) is 19.8 Å². The molecule has 0 aliphatic heterocycles. The fourth-order valence-electron chi connectivity index (χ4n) is 4.59. The van der Waals surface area contributed by atoms with E-state index in [0.717, 1.165) is 32.1 Å². The number of esters is 1. The van der Waals surface area contributed by atoms with E-state index in [4.69, 9.17) is 9.47 Å². The molecule has 1 unspecified atom stereocenters. The van der Waals surface area contributed by atoms with Crippen LogP contribution in [0.1, 0.15) is 162 Å². The van der Waals surface area contributed by atoms with Crippen molar-refractivity contribution in [3.05, 3.63) is 36.5 Å². The van der Waals surface area contributed by atoms with E-state index in [2.05, 4.69) is 50.3 Å². The lowest BCUT2D eigenvalue weighted by Gasteiger charge is -2.15. The molecule has 0 bridgehead atoms. The van der Waals surface area contributed by atoms with Gasteiger partial charge in [-0.2, -0.15) is 0 Å². The molecule has 234 valence electrons. The molecule has 0 aliphatic rings. The first-order valence-corrected chi connectivity index (χ1v) is 17.1. The van der Waals surface area contributed by atoms with Crippen molar-refractivity contribution in [3.63, 3.8) is 0 Å². The van der Waals surface area contributed by atoms with Gasteiger partial charge >= 0.3 is 5.97 Å². The summed E-state index contributed by atoms with van der Waals surface area (Å²) in [4.78, 5) is 12.1. The maximum atomic E-state index is 12.1. The lowest BCUT2D eigenvalue weighted by Crippen LogP contribution is -2.27. The molecular weight excluding hydrogens is 496 g/mol. The zero-order valence-corrected chi connectivity index (χ0v) is 26.6. The summed E-state index contributed by atoms with van der Waals surface area (Å²) in [7, 11) is 0. The Morgan fingerprint density at radius 2 is 1.10 bits per heavy atom. The molecule has 0 aliphatic carbocycles. The number of hydrogen-bond acceptors (Lipinski definition) is 4. The van der Waals surface area contributed by atoms with Gasteiger partial charge in [-0.05, 0) is 64.2 Å². The largest absolute Gasteiger partial charge is 0.457 e. The quantitative estimate of drug-likeness (QED) is 0.0518. The Kier molecular flexibility index (Phi) is 32.6. The lowest BCUT2D eigenvalue weighted by atomic mass is 10.1. The van der Waals surface area contributed by atoms with Gasteiger partial charge in [0.1, 0.15) is 6.10 Å². The third-order valence-electron chi connectivity index (χ3n) is 7.17. The second kappa shape index (κ2) is 33.8. The summed E-state index contributed by atoms with van der Waals surface area (Å²) in [5.74, 6) is -0.215. The Balaban J connectivity index is 3.49. The van der Waals surface area contributed by atoms with E-state index in [1.807, 2.05) is 0 Å². The van der Waals surface area contributed by atoms with Gasteiger partial charge in [0.15, 0.2) is 0 Å². The lowest BCUT2D eigenvalue weighted by molar-refractivity contribution is -0.154.